The highest BCUT2D eigenvalue weighted by Crippen LogP contribution is 2.18. The highest BCUT2D eigenvalue weighted by Gasteiger charge is 2.15. The molecular formula is C17H9ClN2O5S. The third-order valence-corrected chi connectivity index (χ3v) is 4.59. The van der Waals surface area contributed by atoms with E-state index in [9.17, 15) is 14.4 Å². The molecule has 3 heterocycles. The molecule has 0 amide bonds. The van der Waals surface area contributed by atoms with Crippen LogP contribution in [0, 0.1) is 0 Å². The maximum atomic E-state index is 12.2. The quantitative estimate of drug-likeness (QED) is 0.501. The third kappa shape index (κ3) is 3.00. The second-order valence-electron chi connectivity index (χ2n) is 5.33. The zero-order chi connectivity index (χ0) is 18.3. The van der Waals surface area contributed by atoms with Crippen LogP contribution in [0.4, 0.5) is 0 Å². The van der Waals surface area contributed by atoms with E-state index < -0.39 is 11.4 Å². The van der Waals surface area contributed by atoms with Crippen molar-refractivity contribution in [3.8, 4) is 0 Å². The molecule has 130 valence electrons. The van der Waals surface area contributed by atoms with E-state index in [2.05, 4.69) is 4.98 Å². The SMILES string of the molecule is O=C(OCc1cc(=O)n2ccsc2n1)c1cc(=O)c2cc(Cl)ccc2o1. The molecule has 9 heteroatoms. The Hall–Kier alpha value is -2.97. The molecule has 7 nitrogen and oxygen atoms in total. The summed E-state index contributed by atoms with van der Waals surface area (Å²) in [6.45, 7) is -0.217. The molecule has 0 aliphatic rings. The Bertz CT molecular complexity index is 1270. The van der Waals surface area contributed by atoms with Gasteiger partial charge in [0.05, 0.1) is 11.1 Å². The monoisotopic (exact) mass is 388 g/mol. The van der Waals surface area contributed by atoms with E-state index in [0.717, 1.165) is 6.07 Å². The van der Waals surface area contributed by atoms with Gasteiger partial charge in [-0.1, -0.05) is 11.6 Å². The Labute approximate surface area is 154 Å². The number of aromatic nitrogens is 2. The zero-order valence-corrected chi connectivity index (χ0v) is 14.5. The van der Waals surface area contributed by atoms with Crippen LogP contribution in [0.1, 0.15) is 16.2 Å². The van der Waals surface area contributed by atoms with Gasteiger partial charge in [-0.3, -0.25) is 14.0 Å². The van der Waals surface area contributed by atoms with Crippen molar-refractivity contribution in [2.75, 3.05) is 0 Å². The number of carbonyl (C=O) groups is 1. The average molecular weight is 389 g/mol. The highest BCUT2D eigenvalue weighted by molar-refractivity contribution is 7.15. The molecule has 0 saturated heterocycles. The number of hydrogen-bond acceptors (Lipinski definition) is 7. The molecule has 0 spiro atoms. The molecule has 26 heavy (non-hydrogen) atoms. The van der Waals surface area contributed by atoms with E-state index in [-0.39, 0.29) is 28.9 Å². The number of benzene rings is 1. The van der Waals surface area contributed by atoms with Gasteiger partial charge in [0.1, 0.15) is 12.2 Å². The summed E-state index contributed by atoms with van der Waals surface area (Å²) < 4.78 is 11.9. The summed E-state index contributed by atoms with van der Waals surface area (Å²) in [7, 11) is 0. The van der Waals surface area contributed by atoms with Crippen LogP contribution < -0.4 is 11.0 Å². The predicted octanol–water partition coefficient (Wildman–Crippen LogP) is 2.87. The number of thiazole rings is 1. The summed E-state index contributed by atoms with van der Waals surface area (Å²) in [4.78, 5) is 40.9. The fourth-order valence-corrected chi connectivity index (χ4v) is 3.31. The summed E-state index contributed by atoms with van der Waals surface area (Å²) in [6.07, 6.45) is 1.61. The van der Waals surface area contributed by atoms with Crippen molar-refractivity contribution >= 4 is 44.8 Å². The van der Waals surface area contributed by atoms with Crippen molar-refractivity contribution < 1.29 is 13.9 Å². The average Bonchev–Trinajstić information content (AvgIpc) is 3.09. The predicted molar refractivity (Wildman–Crippen MR) is 96.0 cm³/mol. The van der Waals surface area contributed by atoms with E-state index in [4.69, 9.17) is 20.8 Å². The standard InChI is InChI=1S/C17H9ClN2O5S/c18-9-1-2-13-11(5-9)12(21)7-14(25-13)16(23)24-8-10-6-15(22)20-3-4-26-17(20)19-10/h1-7H,8H2. The normalized spacial score (nSPS) is 11.1. The molecule has 0 atom stereocenters. The van der Waals surface area contributed by atoms with Gasteiger partial charge in [0.15, 0.2) is 10.4 Å². The Morgan fingerprint density at radius 1 is 1.27 bits per heavy atom. The minimum atomic E-state index is -0.827. The highest BCUT2D eigenvalue weighted by atomic mass is 35.5. The van der Waals surface area contributed by atoms with Crippen LogP contribution in [0.25, 0.3) is 15.9 Å². The molecular weight excluding hydrogens is 380 g/mol. The number of halogens is 1. The number of rotatable bonds is 3. The lowest BCUT2D eigenvalue weighted by atomic mass is 10.2. The largest absolute Gasteiger partial charge is 0.453 e. The van der Waals surface area contributed by atoms with Crippen LogP contribution in [0.3, 0.4) is 0 Å². The van der Waals surface area contributed by atoms with Crippen molar-refractivity contribution in [1.29, 1.82) is 0 Å². The van der Waals surface area contributed by atoms with Crippen LogP contribution in [-0.4, -0.2) is 15.4 Å². The lowest BCUT2D eigenvalue weighted by Crippen LogP contribution is -2.15. The molecule has 0 saturated carbocycles. The summed E-state index contributed by atoms with van der Waals surface area (Å²) in [5.74, 6) is -1.06. The van der Waals surface area contributed by atoms with Gasteiger partial charge in [0.25, 0.3) is 5.56 Å². The second-order valence-corrected chi connectivity index (χ2v) is 6.64. The molecule has 0 unspecified atom stereocenters. The Morgan fingerprint density at radius 2 is 2.12 bits per heavy atom. The molecule has 3 aromatic heterocycles. The Balaban J connectivity index is 1.59. The number of nitrogens with zero attached hydrogens (tertiary/aromatic N) is 2. The summed E-state index contributed by atoms with van der Waals surface area (Å²) in [6, 6.07) is 6.85. The van der Waals surface area contributed by atoms with Crippen LogP contribution in [0.15, 0.2) is 55.9 Å². The lowest BCUT2D eigenvalue weighted by molar-refractivity contribution is 0.0432. The van der Waals surface area contributed by atoms with E-state index in [1.54, 1.807) is 17.6 Å². The second kappa shape index (κ2) is 6.40. The first-order valence-electron chi connectivity index (χ1n) is 7.37. The first kappa shape index (κ1) is 16.5. The first-order chi connectivity index (χ1) is 12.5. The van der Waals surface area contributed by atoms with Crippen LogP contribution in [0.2, 0.25) is 5.02 Å². The van der Waals surface area contributed by atoms with Crippen LogP contribution >= 0.6 is 22.9 Å². The van der Waals surface area contributed by atoms with Crippen molar-refractivity contribution in [2.45, 2.75) is 6.61 Å². The van der Waals surface area contributed by atoms with Gasteiger partial charge in [0, 0.05) is 28.7 Å². The fourth-order valence-electron chi connectivity index (χ4n) is 2.40. The zero-order valence-electron chi connectivity index (χ0n) is 13.0. The van der Waals surface area contributed by atoms with E-state index >= 15 is 0 Å². The summed E-state index contributed by atoms with van der Waals surface area (Å²) >= 11 is 7.14. The molecule has 4 aromatic rings. The number of ether oxygens (including phenoxy) is 1. The number of fused-ring (bicyclic) bond motifs is 2. The van der Waals surface area contributed by atoms with Gasteiger partial charge >= 0.3 is 5.97 Å². The third-order valence-electron chi connectivity index (χ3n) is 3.60. The molecule has 4 rings (SSSR count). The topological polar surface area (TPSA) is 90.9 Å². The summed E-state index contributed by atoms with van der Waals surface area (Å²) in [5, 5.41) is 2.39. The van der Waals surface area contributed by atoms with Gasteiger partial charge in [-0.2, -0.15) is 0 Å². The number of carbonyl (C=O) groups excluding carboxylic acids is 1. The van der Waals surface area contributed by atoms with E-state index in [1.807, 2.05) is 0 Å². The number of esters is 1. The number of hydrogen-bond donors (Lipinski definition) is 0. The molecule has 0 radical (unpaired) electrons. The van der Waals surface area contributed by atoms with Crippen molar-refractivity contribution in [1.82, 2.24) is 9.38 Å². The Kier molecular flexibility index (Phi) is 4.06. The lowest BCUT2D eigenvalue weighted by Gasteiger charge is -2.05. The van der Waals surface area contributed by atoms with Gasteiger partial charge in [0.2, 0.25) is 5.76 Å². The van der Waals surface area contributed by atoms with Crippen molar-refractivity contribution in [3.63, 3.8) is 0 Å². The molecule has 0 fully saturated rings. The smallest absolute Gasteiger partial charge is 0.374 e. The maximum absolute atomic E-state index is 12.2. The van der Waals surface area contributed by atoms with Gasteiger partial charge in [-0.25, -0.2) is 9.78 Å². The molecule has 0 bridgehead atoms. The van der Waals surface area contributed by atoms with Crippen LogP contribution in [-0.2, 0) is 11.3 Å². The van der Waals surface area contributed by atoms with E-state index in [1.165, 1.54) is 33.9 Å². The Morgan fingerprint density at radius 3 is 2.96 bits per heavy atom. The molecule has 0 N–H and O–H groups in total. The van der Waals surface area contributed by atoms with Crippen LogP contribution in [0.5, 0.6) is 0 Å². The van der Waals surface area contributed by atoms with Crippen molar-refractivity contribution in [3.05, 3.63) is 79.0 Å². The maximum Gasteiger partial charge on any atom is 0.374 e. The summed E-state index contributed by atoms with van der Waals surface area (Å²) in [5.41, 5.74) is -0.139. The minimum absolute atomic E-state index is 0.217. The van der Waals surface area contributed by atoms with Crippen molar-refractivity contribution in [2.24, 2.45) is 0 Å². The minimum Gasteiger partial charge on any atom is -0.453 e. The fraction of sp³-hybridized carbons (Fsp3) is 0.0588. The molecule has 0 aliphatic heterocycles. The molecule has 0 aliphatic carbocycles. The molecule has 1 aromatic carbocycles. The van der Waals surface area contributed by atoms with Gasteiger partial charge < -0.3 is 9.15 Å². The first-order valence-corrected chi connectivity index (χ1v) is 8.63. The van der Waals surface area contributed by atoms with Gasteiger partial charge in [-0.05, 0) is 18.2 Å². The van der Waals surface area contributed by atoms with E-state index in [0.29, 0.717) is 15.7 Å². The van der Waals surface area contributed by atoms with Gasteiger partial charge in [-0.15, -0.1) is 11.3 Å².